The number of nitrogens with one attached hydrogen (secondary N) is 1. The molecule has 0 aromatic heterocycles. The lowest BCUT2D eigenvalue weighted by molar-refractivity contribution is 0.249. The highest BCUT2D eigenvalue weighted by Crippen LogP contribution is 1.80. The molecule has 0 saturated carbocycles. The molecule has 0 fully saturated rings. The van der Waals surface area contributed by atoms with E-state index in [2.05, 4.69) is 12.2 Å². The molecule has 2 amide bonds. The second kappa shape index (κ2) is 12.8. The third kappa shape index (κ3) is 15.6. The van der Waals surface area contributed by atoms with Crippen LogP contribution in [0.5, 0.6) is 0 Å². The summed E-state index contributed by atoms with van der Waals surface area (Å²) in [4.78, 5) is 9.99. The van der Waals surface area contributed by atoms with Gasteiger partial charge in [-0.05, 0) is 6.42 Å². The Morgan fingerprint density at radius 1 is 1.13 bits per heavy atom. The zero-order chi connectivity index (χ0) is 10.6. The first-order valence-electron chi connectivity index (χ1n) is 4.80. The first-order valence-corrected chi connectivity index (χ1v) is 4.80. The van der Waals surface area contributed by atoms with Gasteiger partial charge in [0.05, 0.1) is 0 Å². The summed E-state index contributed by atoms with van der Waals surface area (Å²) in [6, 6.07) is 11.6. The second-order valence-electron chi connectivity index (χ2n) is 2.80. The molecule has 0 bridgehead atoms. The van der Waals surface area contributed by atoms with E-state index in [9.17, 15) is 4.79 Å². The van der Waals surface area contributed by atoms with E-state index in [4.69, 9.17) is 5.73 Å². The summed E-state index contributed by atoms with van der Waals surface area (Å²) < 4.78 is 0. The van der Waals surface area contributed by atoms with Crippen LogP contribution in [0.3, 0.4) is 0 Å². The van der Waals surface area contributed by atoms with Gasteiger partial charge in [0.25, 0.3) is 0 Å². The van der Waals surface area contributed by atoms with Crippen LogP contribution in [0.25, 0.3) is 0 Å². The Bertz CT molecular complexity index is 203. The van der Waals surface area contributed by atoms with Gasteiger partial charge in [0.2, 0.25) is 0 Å². The van der Waals surface area contributed by atoms with Crippen molar-refractivity contribution in [3.8, 4) is 0 Å². The predicted octanol–water partition coefficient (Wildman–Crippen LogP) is 2.25. The highest BCUT2D eigenvalue weighted by Gasteiger charge is 1.86. The number of unbranched alkanes of at least 4 members (excludes halogenated alkanes) is 1. The fourth-order valence-electron chi connectivity index (χ4n) is 0.773. The van der Waals surface area contributed by atoms with E-state index in [1.165, 1.54) is 0 Å². The first kappa shape index (κ1) is 16.3. The summed E-state index contributed by atoms with van der Waals surface area (Å²) in [7, 11) is 0. The van der Waals surface area contributed by atoms with Gasteiger partial charge in [-0.3, -0.25) is 0 Å². The quantitative estimate of drug-likeness (QED) is 0.766. The average molecular weight is 228 g/mol. The van der Waals surface area contributed by atoms with Crippen LogP contribution >= 0.6 is 13.5 Å². The summed E-state index contributed by atoms with van der Waals surface area (Å²) >= 11 is 0. The number of urea groups is 1. The number of nitrogens with two attached hydrogens (primary N) is 1. The van der Waals surface area contributed by atoms with E-state index in [1.54, 1.807) is 0 Å². The van der Waals surface area contributed by atoms with E-state index in [1.807, 2.05) is 36.4 Å². The molecular formula is C11H20N2OS. The van der Waals surface area contributed by atoms with Crippen LogP contribution in [0.2, 0.25) is 0 Å². The van der Waals surface area contributed by atoms with E-state index >= 15 is 0 Å². The number of carbonyl (C=O) groups excluding carboxylic acids is 1. The maximum atomic E-state index is 9.99. The lowest BCUT2D eigenvalue weighted by Crippen LogP contribution is -2.29. The van der Waals surface area contributed by atoms with Crippen LogP contribution < -0.4 is 11.1 Å². The van der Waals surface area contributed by atoms with Crippen LogP contribution in [0.4, 0.5) is 4.79 Å². The van der Waals surface area contributed by atoms with Gasteiger partial charge in [0.1, 0.15) is 0 Å². The number of amides is 2. The minimum absolute atomic E-state index is 0. The number of benzene rings is 1. The maximum absolute atomic E-state index is 9.99. The average Bonchev–Trinajstić information content (AvgIpc) is 2.21. The van der Waals surface area contributed by atoms with Gasteiger partial charge < -0.3 is 11.1 Å². The van der Waals surface area contributed by atoms with Crippen molar-refractivity contribution < 1.29 is 4.79 Å². The van der Waals surface area contributed by atoms with Crippen molar-refractivity contribution >= 4 is 19.5 Å². The van der Waals surface area contributed by atoms with Gasteiger partial charge in [0, 0.05) is 6.54 Å². The molecule has 3 nitrogen and oxygen atoms in total. The van der Waals surface area contributed by atoms with Gasteiger partial charge in [-0.1, -0.05) is 49.7 Å². The zero-order valence-electron chi connectivity index (χ0n) is 9.07. The van der Waals surface area contributed by atoms with Gasteiger partial charge >= 0.3 is 6.03 Å². The minimum atomic E-state index is -0.432. The van der Waals surface area contributed by atoms with Crippen molar-refractivity contribution in [1.82, 2.24) is 5.32 Å². The molecule has 0 heterocycles. The van der Waals surface area contributed by atoms with E-state index < -0.39 is 6.03 Å². The zero-order valence-corrected chi connectivity index (χ0v) is 10.1. The van der Waals surface area contributed by atoms with E-state index in [-0.39, 0.29) is 13.5 Å². The maximum Gasteiger partial charge on any atom is 0.312 e. The fraction of sp³-hybridized carbons (Fsp3) is 0.364. The SMILES string of the molecule is CCCCNC(N)=O.S.c1ccccc1. The summed E-state index contributed by atoms with van der Waals surface area (Å²) in [5.74, 6) is 0. The molecule has 4 heteroatoms. The van der Waals surface area contributed by atoms with Crippen molar-refractivity contribution in [3.05, 3.63) is 36.4 Å². The Hall–Kier alpha value is -1.16. The molecule has 1 aromatic rings. The smallest absolute Gasteiger partial charge is 0.312 e. The molecule has 0 aliphatic carbocycles. The van der Waals surface area contributed by atoms with Crippen LogP contribution in [-0.4, -0.2) is 12.6 Å². The molecule has 1 aromatic carbocycles. The number of rotatable bonds is 3. The Morgan fingerprint density at radius 2 is 1.53 bits per heavy atom. The molecule has 0 spiro atoms. The highest BCUT2D eigenvalue weighted by molar-refractivity contribution is 7.59. The summed E-state index contributed by atoms with van der Waals surface area (Å²) in [6.45, 7) is 2.76. The largest absolute Gasteiger partial charge is 0.352 e. The molecule has 0 aliphatic rings. The monoisotopic (exact) mass is 228 g/mol. The van der Waals surface area contributed by atoms with E-state index in [0.717, 1.165) is 12.8 Å². The number of hydrogen-bond acceptors (Lipinski definition) is 1. The molecule has 0 saturated heterocycles. The highest BCUT2D eigenvalue weighted by atomic mass is 32.1. The van der Waals surface area contributed by atoms with E-state index in [0.29, 0.717) is 6.54 Å². The molecule has 0 aliphatic heterocycles. The number of hydrogen-bond donors (Lipinski definition) is 2. The first-order chi connectivity index (χ1) is 6.77. The third-order valence-electron chi connectivity index (χ3n) is 1.50. The Morgan fingerprint density at radius 3 is 1.80 bits per heavy atom. The van der Waals surface area contributed by atoms with Crippen molar-refractivity contribution in [2.75, 3.05) is 6.54 Å². The third-order valence-corrected chi connectivity index (χ3v) is 1.50. The van der Waals surface area contributed by atoms with Crippen molar-refractivity contribution in [3.63, 3.8) is 0 Å². The van der Waals surface area contributed by atoms with Crippen LogP contribution in [0.15, 0.2) is 36.4 Å². The second-order valence-corrected chi connectivity index (χ2v) is 2.80. The summed E-state index contributed by atoms with van der Waals surface area (Å²) in [5.41, 5.74) is 4.78. The van der Waals surface area contributed by atoms with Crippen molar-refractivity contribution in [2.24, 2.45) is 5.73 Å². The van der Waals surface area contributed by atoms with Crippen LogP contribution in [0, 0.1) is 0 Å². The van der Waals surface area contributed by atoms with Gasteiger partial charge in [-0.15, -0.1) is 0 Å². The summed E-state index contributed by atoms with van der Waals surface area (Å²) in [5, 5.41) is 2.49. The number of carbonyl (C=O) groups is 1. The minimum Gasteiger partial charge on any atom is -0.352 e. The molecular weight excluding hydrogens is 208 g/mol. The molecule has 15 heavy (non-hydrogen) atoms. The van der Waals surface area contributed by atoms with Gasteiger partial charge in [0.15, 0.2) is 0 Å². The topological polar surface area (TPSA) is 55.1 Å². The fourth-order valence-corrected chi connectivity index (χ4v) is 0.773. The molecule has 0 unspecified atom stereocenters. The van der Waals surface area contributed by atoms with Crippen LogP contribution in [-0.2, 0) is 0 Å². The van der Waals surface area contributed by atoms with Crippen molar-refractivity contribution in [1.29, 1.82) is 0 Å². The number of primary amides is 1. The van der Waals surface area contributed by atoms with Gasteiger partial charge in [-0.2, -0.15) is 13.5 Å². The Kier molecular flexibility index (Phi) is 13.9. The molecule has 0 atom stereocenters. The lowest BCUT2D eigenvalue weighted by atomic mass is 10.3. The summed E-state index contributed by atoms with van der Waals surface area (Å²) in [6.07, 6.45) is 2.09. The lowest BCUT2D eigenvalue weighted by Gasteiger charge is -1.96. The van der Waals surface area contributed by atoms with Gasteiger partial charge in [-0.25, -0.2) is 4.79 Å². The standard InChI is InChI=1S/C6H6.C5H12N2O.H2S/c1-2-4-6-5-3-1;1-2-3-4-7-5(6)8;/h1-6H;2-4H2,1H3,(H3,6,7,8);1H2. The molecule has 0 radical (unpaired) electrons. The Balaban J connectivity index is 0. The molecule has 86 valence electrons. The predicted molar refractivity (Wildman–Crippen MR) is 69.3 cm³/mol. The molecule has 3 N–H and O–H groups in total. The Labute approximate surface area is 98.5 Å². The normalized spacial score (nSPS) is 7.80. The molecule has 1 rings (SSSR count). The van der Waals surface area contributed by atoms with Crippen LogP contribution in [0.1, 0.15) is 19.8 Å². The van der Waals surface area contributed by atoms with Crippen molar-refractivity contribution in [2.45, 2.75) is 19.8 Å².